The smallest absolute Gasteiger partial charge is 0.333 e. The Hall–Kier alpha value is -1.27. The molecule has 0 aliphatic rings. The van der Waals surface area contributed by atoms with E-state index in [0.29, 0.717) is 12.1 Å². The Balaban J connectivity index is 3.95. The van der Waals surface area contributed by atoms with E-state index >= 15 is 0 Å². The maximum Gasteiger partial charge on any atom is 0.333 e. The molecule has 0 bridgehead atoms. The molecule has 3 heteroatoms. The Kier molecular flexibility index (Phi) is 7.39. The predicted molar refractivity (Wildman–Crippen MR) is 61.3 cm³/mol. The Morgan fingerprint density at radius 2 is 2.33 bits per heavy atom. The number of carbonyl (C=O) groups excluding carboxylic acids is 1. The third-order valence-corrected chi connectivity index (χ3v) is 2.06. The van der Waals surface area contributed by atoms with Gasteiger partial charge in [-0.25, -0.2) is 4.79 Å². The van der Waals surface area contributed by atoms with E-state index < -0.39 is 0 Å². The fourth-order valence-corrected chi connectivity index (χ4v) is 1.13. The summed E-state index contributed by atoms with van der Waals surface area (Å²) in [6.45, 7) is 4.40. The zero-order valence-electron chi connectivity index (χ0n) is 9.67. The van der Waals surface area contributed by atoms with Gasteiger partial charge in [0, 0.05) is 12.1 Å². The molecule has 0 spiro atoms. The van der Waals surface area contributed by atoms with Gasteiger partial charge in [-0.2, -0.15) is 0 Å². The average Bonchev–Trinajstić information content (AvgIpc) is 2.26. The van der Waals surface area contributed by atoms with Gasteiger partial charge >= 0.3 is 5.97 Å². The van der Waals surface area contributed by atoms with Crippen LogP contribution in [0.4, 0.5) is 0 Å². The molecule has 0 heterocycles. The third-order valence-electron chi connectivity index (χ3n) is 2.06. The van der Waals surface area contributed by atoms with Crippen LogP contribution in [0.15, 0.2) is 11.6 Å². The highest BCUT2D eigenvalue weighted by Gasteiger charge is 2.03. The summed E-state index contributed by atoms with van der Waals surface area (Å²) in [5.74, 6) is 2.36. The van der Waals surface area contributed by atoms with E-state index in [9.17, 15) is 4.79 Å². The minimum atomic E-state index is -0.301. The zero-order chi connectivity index (χ0) is 11.7. The average molecular weight is 209 g/mol. The molecule has 0 amide bonds. The Bertz CT molecular complexity index is 263. The fourth-order valence-electron chi connectivity index (χ4n) is 1.13. The summed E-state index contributed by atoms with van der Waals surface area (Å²) >= 11 is 0. The van der Waals surface area contributed by atoms with E-state index in [1.165, 1.54) is 7.11 Å². The van der Waals surface area contributed by atoms with Crippen molar-refractivity contribution in [3.63, 3.8) is 0 Å². The zero-order valence-corrected chi connectivity index (χ0v) is 9.67. The van der Waals surface area contributed by atoms with Crippen molar-refractivity contribution >= 4 is 5.97 Å². The van der Waals surface area contributed by atoms with Gasteiger partial charge in [-0.1, -0.05) is 25.3 Å². The lowest BCUT2D eigenvalue weighted by atomic mass is 10.2. The normalized spacial score (nSPS) is 13.1. The molecule has 0 rings (SSSR count). The van der Waals surface area contributed by atoms with Crippen LogP contribution in [0.2, 0.25) is 0 Å². The standard InChI is InChI=1S/C12H19NO2/c1-5-7-11(6-2)13-9-8-10(3)12(14)15-4/h2,8,11,13H,5,7,9H2,1,3-4H3/b10-8-. The van der Waals surface area contributed by atoms with Crippen molar-refractivity contribution in [2.75, 3.05) is 13.7 Å². The molecule has 0 aromatic heterocycles. The van der Waals surface area contributed by atoms with E-state index in [2.05, 4.69) is 22.9 Å². The molecule has 1 N–H and O–H groups in total. The van der Waals surface area contributed by atoms with Gasteiger partial charge < -0.3 is 10.1 Å². The first kappa shape index (κ1) is 13.7. The van der Waals surface area contributed by atoms with Crippen molar-refractivity contribution in [1.29, 1.82) is 0 Å². The van der Waals surface area contributed by atoms with Crippen molar-refractivity contribution in [3.05, 3.63) is 11.6 Å². The van der Waals surface area contributed by atoms with Gasteiger partial charge in [0.2, 0.25) is 0 Å². The van der Waals surface area contributed by atoms with Gasteiger partial charge in [0.15, 0.2) is 0 Å². The molecular weight excluding hydrogens is 190 g/mol. The monoisotopic (exact) mass is 209 g/mol. The van der Waals surface area contributed by atoms with E-state index in [-0.39, 0.29) is 12.0 Å². The van der Waals surface area contributed by atoms with E-state index in [1.807, 2.05) is 0 Å². The van der Waals surface area contributed by atoms with E-state index in [1.54, 1.807) is 13.0 Å². The quantitative estimate of drug-likeness (QED) is 0.409. The van der Waals surface area contributed by atoms with Crippen molar-refractivity contribution < 1.29 is 9.53 Å². The lowest BCUT2D eigenvalue weighted by Gasteiger charge is -2.09. The van der Waals surface area contributed by atoms with Crippen molar-refractivity contribution in [3.8, 4) is 12.3 Å². The van der Waals surface area contributed by atoms with Crippen LogP contribution in [-0.2, 0) is 9.53 Å². The van der Waals surface area contributed by atoms with Gasteiger partial charge in [-0.15, -0.1) is 6.42 Å². The summed E-state index contributed by atoms with van der Waals surface area (Å²) < 4.78 is 4.57. The van der Waals surface area contributed by atoms with Crippen LogP contribution in [-0.4, -0.2) is 25.7 Å². The maximum atomic E-state index is 11.0. The molecule has 0 radical (unpaired) electrons. The molecule has 0 aliphatic heterocycles. The van der Waals surface area contributed by atoms with Gasteiger partial charge in [0.05, 0.1) is 13.2 Å². The number of hydrogen-bond acceptors (Lipinski definition) is 3. The number of carbonyl (C=O) groups is 1. The summed E-state index contributed by atoms with van der Waals surface area (Å²) in [4.78, 5) is 11.0. The molecular formula is C12H19NO2. The summed E-state index contributed by atoms with van der Waals surface area (Å²) in [5, 5.41) is 3.16. The van der Waals surface area contributed by atoms with Crippen LogP contribution in [0, 0.1) is 12.3 Å². The molecule has 84 valence electrons. The second-order valence-electron chi connectivity index (χ2n) is 3.29. The number of terminal acetylenes is 1. The number of nitrogens with one attached hydrogen (secondary N) is 1. The summed E-state index contributed by atoms with van der Waals surface area (Å²) in [6, 6.07) is 0.0803. The number of rotatable bonds is 6. The van der Waals surface area contributed by atoms with Gasteiger partial charge in [-0.3, -0.25) is 0 Å². The van der Waals surface area contributed by atoms with Crippen LogP contribution in [0.3, 0.4) is 0 Å². The largest absolute Gasteiger partial charge is 0.466 e. The van der Waals surface area contributed by atoms with Crippen LogP contribution in [0.1, 0.15) is 26.7 Å². The van der Waals surface area contributed by atoms with Crippen LogP contribution in [0.5, 0.6) is 0 Å². The van der Waals surface area contributed by atoms with E-state index in [4.69, 9.17) is 6.42 Å². The molecule has 0 aromatic carbocycles. The molecule has 0 saturated carbocycles. The molecule has 15 heavy (non-hydrogen) atoms. The highest BCUT2D eigenvalue weighted by atomic mass is 16.5. The van der Waals surface area contributed by atoms with Crippen LogP contribution < -0.4 is 5.32 Å². The summed E-state index contributed by atoms with van der Waals surface area (Å²) in [5.41, 5.74) is 0.595. The van der Waals surface area contributed by atoms with Crippen molar-refractivity contribution in [1.82, 2.24) is 5.32 Å². The number of hydrogen-bond donors (Lipinski definition) is 1. The number of ether oxygens (including phenoxy) is 1. The Morgan fingerprint density at radius 1 is 1.67 bits per heavy atom. The molecule has 0 fully saturated rings. The first-order chi connectivity index (χ1) is 7.15. The van der Waals surface area contributed by atoms with E-state index in [0.717, 1.165) is 12.8 Å². The molecule has 1 unspecified atom stereocenters. The lowest BCUT2D eigenvalue weighted by molar-refractivity contribution is -0.136. The highest BCUT2D eigenvalue weighted by Crippen LogP contribution is 1.97. The van der Waals surface area contributed by atoms with Crippen LogP contribution in [0.25, 0.3) is 0 Å². The minimum absolute atomic E-state index is 0.0803. The minimum Gasteiger partial charge on any atom is -0.466 e. The lowest BCUT2D eigenvalue weighted by Crippen LogP contribution is -2.27. The second kappa shape index (κ2) is 8.07. The van der Waals surface area contributed by atoms with Crippen molar-refractivity contribution in [2.45, 2.75) is 32.7 Å². The molecule has 0 aromatic rings. The highest BCUT2D eigenvalue weighted by molar-refractivity contribution is 5.87. The summed E-state index contributed by atoms with van der Waals surface area (Å²) in [6.07, 6.45) is 9.11. The molecule has 3 nitrogen and oxygen atoms in total. The van der Waals surface area contributed by atoms with Gasteiger partial charge in [0.1, 0.15) is 0 Å². The maximum absolute atomic E-state index is 11.0. The topological polar surface area (TPSA) is 38.3 Å². The Labute approximate surface area is 91.9 Å². The van der Waals surface area contributed by atoms with Gasteiger partial charge in [0.25, 0.3) is 0 Å². The third kappa shape index (κ3) is 5.92. The predicted octanol–water partition coefficient (Wildman–Crippen LogP) is 1.50. The SMILES string of the molecule is C#CC(CCC)NC/C=C(/C)C(=O)OC. The van der Waals surface area contributed by atoms with Gasteiger partial charge in [-0.05, 0) is 13.3 Å². The number of esters is 1. The van der Waals surface area contributed by atoms with Crippen molar-refractivity contribution in [2.24, 2.45) is 0 Å². The molecule has 1 atom stereocenters. The molecule has 0 saturated heterocycles. The first-order valence-corrected chi connectivity index (χ1v) is 5.10. The fraction of sp³-hybridized carbons (Fsp3) is 0.583. The first-order valence-electron chi connectivity index (χ1n) is 5.10. The number of methoxy groups -OCH3 is 1. The summed E-state index contributed by atoms with van der Waals surface area (Å²) in [7, 11) is 1.37. The molecule has 0 aliphatic carbocycles. The Morgan fingerprint density at radius 3 is 2.80 bits per heavy atom. The second-order valence-corrected chi connectivity index (χ2v) is 3.29. The van der Waals surface area contributed by atoms with Crippen LogP contribution >= 0.6 is 0 Å².